The van der Waals surface area contributed by atoms with E-state index >= 15 is 0 Å². The van der Waals surface area contributed by atoms with Crippen molar-refractivity contribution >= 4 is 34.0 Å². The van der Waals surface area contributed by atoms with Crippen molar-refractivity contribution in [3.8, 4) is 5.75 Å². The molecule has 0 fully saturated rings. The number of nitrogens with one attached hydrogen (secondary N) is 2. The van der Waals surface area contributed by atoms with Crippen LogP contribution in [0.1, 0.15) is 42.1 Å². The van der Waals surface area contributed by atoms with Crippen LogP contribution in [0.3, 0.4) is 0 Å². The maximum Gasteiger partial charge on any atom is 0.254 e. The number of carbonyl (C=O) groups excluding carboxylic acids is 2. The van der Waals surface area contributed by atoms with Gasteiger partial charge in [-0.3, -0.25) is 9.59 Å². The first-order valence-corrected chi connectivity index (χ1v) is 10.1. The average Bonchev–Trinajstić information content (AvgIpc) is 2.70. The van der Waals surface area contributed by atoms with Gasteiger partial charge in [0.1, 0.15) is 11.6 Å². The summed E-state index contributed by atoms with van der Waals surface area (Å²) in [6, 6.07) is 11.2. The van der Waals surface area contributed by atoms with E-state index < -0.39 is 11.7 Å². The number of hydrogen-bond acceptors (Lipinski definition) is 4. The van der Waals surface area contributed by atoms with Crippen molar-refractivity contribution in [2.24, 2.45) is 5.10 Å². The maximum atomic E-state index is 13.5. The Hall–Kier alpha value is -2.74. The number of halogens is 2. The van der Waals surface area contributed by atoms with Crippen molar-refractivity contribution in [3.63, 3.8) is 0 Å². The molecule has 0 heterocycles. The van der Waals surface area contributed by atoms with Crippen molar-refractivity contribution in [3.05, 3.63) is 63.9 Å². The van der Waals surface area contributed by atoms with Crippen LogP contribution < -0.4 is 15.5 Å². The summed E-state index contributed by atoms with van der Waals surface area (Å²) in [7, 11) is 0. The van der Waals surface area contributed by atoms with Crippen LogP contribution >= 0.6 is 15.9 Å². The zero-order chi connectivity index (χ0) is 21.1. The fourth-order valence-electron chi connectivity index (χ4n) is 2.31. The largest absolute Gasteiger partial charge is 0.492 e. The van der Waals surface area contributed by atoms with E-state index in [1.807, 2.05) is 18.2 Å². The van der Waals surface area contributed by atoms with Crippen molar-refractivity contribution in [1.82, 2.24) is 10.7 Å². The van der Waals surface area contributed by atoms with Gasteiger partial charge >= 0.3 is 0 Å². The molecule has 2 amide bonds. The molecule has 0 saturated heterocycles. The molecule has 0 aliphatic carbocycles. The highest BCUT2D eigenvalue weighted by molar-refractivity contribution is 9.10. The first-order chi connectivity index (χ1) is 14.0. The van der Waals surface area contributed by atoms with E-state index in [0.29, 0.717) is 6.61 Å². The lowest BCUT2D eigenvalue weighted by atomic mass is 10.2. The molecular formula is C21H23BrFN3O3. The minimum atomic E-state index is -0.605. The van der Waals surface area contributed by atoms with Gasteiger partial charge in [0.2, 0.25) is 5.91 Å². The molecule has 0 saturated carbocycles. The van der Waals surface area contributed by atoms with Crippen molar-refractivity contribution in [2.45, 2.75) is 26.2 Å². The first-order valence-electron chi connectivity index (χ1n) is 9.28. The molecule has 0 bridgehead atoms. The van der Waals surface area contributed by atoms with Crippen LogP contribution in [0.4, 0.5) is 4.39 Å². The number of nitrogens with zero attached hydrogens (tertiary/aromatic N) is 1. The van der Waals surface area contributed by atoms with Crippen molar-refractivity contribution in [2.75, 3.05) is 13.2 Å². The van der Waals surface area contributed by atoms with E-state index in [0.717, 1.165) is 28.6 Å². The summed E-state index contributed by atoms with van der Waals surface area (Å²) in [5, 5.41) is 6.40. The summed E-state index contributed by atoms with van der Waals surface area (Å²) in [5.74, 6) is -0.781. The summed E-state index contributed by atoms with van der Waals surface area (Å²) in [6.07, 6.45) is 3.58. The van der Waals surface area contributed by atoms with Gasteiger partial charge < -0.3 is 10.1 Å². The first kappa shape index (κ1) is 22.5. The van der Waals surface area contributed by atoms with Crippen LogP contribution in [-0.2, 0) is 4.79 Å². The summed E-state index contributed by atoms with van der Waals surface area (Å²) in [4.78, 5) is 23.7. The molecule has 0 aliphatic heterocycles. The van der Waals surface area contributed by atoms with Gasteiger partial charge in [0, 0.05) is 13.0 Å². The van der Waals surface area contributed by atoms with Crippen LogP contribution in [0, 0.1) is 5.82 Å². The molecule has 0 aromatic heterocycles. The number of benzene rings is 2. The van der Waals surface area contributed by atoms with Gasteiger partial charge in [-0.2, -0.15) is 5.10 Å². The number of hydrazone groups is 1. The Morgan fingerprint density at radius 3 is 2.76 bits per heavy atom. The molecule has 0 aliphatic rings. The Balaban J connectivity index is 1.74. The highest BCUT2D eigenvalue weighted by Crippen LogP contribution is 2.25. The Morgan fingerprint density at radius 1 is 1.24 bits per heavy atom. The van der Waals surface area contributed by atoms with Gasteiger partial charge in [0.05, 0.1) is 22.9 Å². The van der Waals surface area contributed by atoms with E-state index in [1.54, 1.807) is 6.07 Å². The number of carbonyl (C=O) groups is 2. The van der Waals surface area contributed by atoms with Crippen LogP contribution in [0.2, 0.25) is 0 Å². The number of hydrogen-bond donors (Lipinski definition) is 2. The lowest BCUT2D eigenvalue weighted by Gasteiger charge is -2.08. The van der Waals surface area contributed by atoms with Gasteiger partial charge in [0.25, 0.3) is 5.91 Å². The highest BCUT2D eigenvalue weighted by Gasteiger charge is 2.10. The lowest BCUT2D eigenvalue weighted by molar-refractivity contribution is -0.120. The van der Waals surface area contributed by atoms with Gasteiger partial charge in [-0.15, -0.1) is 0 Å². The minimum absolute atomic E-state index is 0.0193. The smallest absolute Gasteiger partial charge is 0.254 e. The molecule has 29 heavy (non-hydrogen) atoms. The van der Waals surface area contributed by atoms with E-state index in [4.69, 9.17) is 4.74 Å². The van der Waals surface area contributed by atoms with E-state index in [9.17, 15) is 14.0 Å². The molecule has 2 aromatic rings. The molecule has 2 rings (SSSR count). The average molecular weight is 464 g/mol. The Bertz CT molecular complexity index is 874. The van der Waals surface area contributed by atoms with Gasteiger partial charge in [0.15, 0.2) is 0 Å². The predicted molar refractivity (Wildman–Crippen MR) is 114 cm³/mol. The van der Waals surface area contributed by atoms with Gasteiger partial charge in [-0.1, -0.05) is 25.5 Å². The van der Waals surface area contributed by atoms with Crippen LogP contribution in [-0.4, -0.2) is 31.2 Å². The normalized spacial score (nSPS) is 10.7. The quantitative estimate of drug-likeness (QED) is 0.317. The Kier molecular flexibility index (Phi) is 9.30. The van der Waals surface area contributed by atoms with Crippen molar-refractivity contribution < 1.29 is 18.7 Å². The van der Waals surface area contributed by atoms with E-state index in [-0.39, 0.29) is 24.4 Å². The molecule has 0 unspecified atom stereocenters. The van der Waals surface area contributed by atoms with Gasteiger partial charge in [-0.05, 0) is 58.2 Å². The second kappa shape index (κ2) is 12.0. The Morgan fingerprint density at radius 2 is 2.03 bits per heavy atom. The summed E-state index contributed by atoms with van der Waals surface area (Å²) in [5.41, 5.74) is 3.12. The molecule has 8 heteroatoms. The second-order valence-electron chi connectivity index (χ2n) is 6.17. The number of ether oxygens (including phenoxy) is 1. The van der Waals surface area contributed by atoms with E-state index in [1.165, 1.54) is 24.4 Å². The standard InChI is InChI=1S/C21H23BrFN3O3/c1-2-3-12-29-19-9-8-15(13-17(19)22)14-25-26-20(27)10-11-24-21(28)16-6-4-5-7-18(16)23/h4-9,13-14H,2-3,10-12H2,1H3,(H,24,28)(H,26,27). The molecule has 2 N–H and O–H groups in total. The van der Waals surface area contributed by atoms with Crippen molar-refractivity contribution in [1.29, 1.82) is 0 Å². The van der Waals surface area contributed by atoms with Crippen LogP contribution in [0.5, 0.6) is 5.75 Å². The van der Waals surface area contributed by atoms with Crippen LogP contribution in [0.15, 0.2) is 52.0 Å². The topological polar surface area (TPSA) is 79.8 Å². The molecule has 0 atom stereocenters. The monoisotopic (exact) mass is 463 g/mol. The third-order valence-corrected chi connectivity index (χ3v) is 4.49. The van der Waals surface area contributed by atoms with Crippen LogP contribution in [0.25, 0.3) is 0 Å². The second-order valence-corrected chi connectivity index (χ2v) is 7.03. The molecule has 0 spiro atoms. The zero-order valence-electron chi connectivity index (χ0n) is 16.1. The molecule has 6 nitrogen and oxygen atoms in total. The Labute approximate surface area is 177 Å². The summed E-state index contributed by atoms with van der Waals surface area (Å²) >= 11 is 3.45. The fourth-order valence-corrected chi connectivity index (χ4v) is 2.82. The SMILES string of the molecule is CCCCOc1ccc(C=NNC(=O)CCNC(=O)c2ccccc2F)cc1Br. The zero-order valence-corrected chi connectivity index (χ0v) is 17.7. The molecule has 2 aromatic carbocycles. The number of rotatable bonds is 10. The molecule has 154 valence electrons. The molecular weight excluding hydrogens is 441 g/mol. The number of amides is 2. The predicted octanol–water partition coefficient (Wildman–Crippen LogP) is 4.04. The maximum absolute atomic E-state index is 13.5. The third-order valence-electron chi connectivity index (χ3n) is 3.87. The summed E-state index contributed by atoms with van der Waals surface area (Å²) in [6.45, 7) is 2.83. The third kappa shape index (κ3) is 7.65. The fraction of sp³-hybridized carbons (Fsp3) is 0.286. The lowest BCUT2D eigenvalue weighted by Crippen LogP contribution is -2.29. The number of unbranched alkanes of at least 4 members (excludes halogenated alkanes) is 1. The molecule has 0 radical (unpaired) electrons. The minimum Gasteiger partial charge on any atom is -0.492 e. The highest BCUT2D eigenvalue weighted by atomic mass is 79.9. The van der Waals surface area contributed by atoms with E-state index in [2.05, 4.69) is 38.7 Å². The van der Waals surface area contributed by atoms with Gasteiger partial charge in [-0.25, -0.2) is 9.82 Å². The summed E-state index contributed by atoms with van der Waals surface area (Å²) < 4.78 is 20.0.